The molecule has 3 rings (SSSR count). The number of nitrogens with one attached hydrogen (secondary N) is 1. The van der Waals surface area contributed by atoms with E-state index in [-0.39, 0.29) is 11.8 Å². The maximum atomic E-state index is 12.2. The highest BCUT2D eigenvalue weighted by Crippen LogP contribution is 2.30. The van der Waals surface area contributed by atoms with Gasteiger partial charge in [-0.25, -0.2) is 0 Å². The number of allylic oxidation sites excluding steroid dienone is 2. The van der Waals surface area contributed by atoms with Crippen LogP contribution in [0.1, 0.15) is 17.0 Å². The van der Waals surface area contributed by atoms with Gasteiger partial charge < -0.3 is 5.32 Å². The summed E-state index contributed by atoms with van der Waals surface area (Å²) in [5.41, 5.74) is 2.75. The molecule has 0 aliphatic carbocycles. The van der Waals surface area contributed by atoms with Crippen molar-refractivity contribution >= 4 is 12.0 Å². The minimum atomic E-state index is -0.703. The van der Waals surface area contributed by atoms with Gasteiger partial charge in [0.2, 0.25) is 5.91 Å². The van der Waals surface area contributed by atoms with Gasteiger partial charge in [0.1, 0.15) is 5.92 Å². The zero-order chi connectivity index (χ0) is 16.1. The summed E-state index contributed by atoms with van der Waals surface area (Å²) in [5.74, 6) is -1.19. The van der Waals surface area contributed by atoms with E-state index in [0.717, 1.165) is 16.8 Å². The van der Waals surface area contributed by atoms with Crippen molar-refractivity contribution in [3.05, 3.63) is 89.6 Å². The molecule has 0 saturated carbocycles. The summed E-state index contributed by atoms with van der Waals surface area (Å²) in [7, 11) is 0. The number of hydrogen-bond donors (Lipinski definition) is 1. The van der Waals surface area contributed by atoms with Crippen LogP contribution in [0.5, 0.6) is 0 Å². The minimum Gasteiger partial charge on any atom is -0.325 e. The molecule has 2 atom stereocenters. The van der Waals surface area contributed by atoms with Crippen LogP contribution in [0.3, 0.4) is 0 Å². The summed E-state index contributed by atoms with van der Waals surface area (Å²) in [6.45, 7) is 0. The Morgan fingerprint density at radius 1 is 0.957 bits per heavy atom. The third-order valence-electron chi connectivity index (χ3n) is 3.85. The van der Waals surface area contributed by atoms with Crippen molar-refractivity contribution in [3.8, 4) is 6.07 Å². The van der Waals surface area contributed by atoms with Crippen LogP contribution in [-0.2, 0) is 4.79 Å². The Labute approximate surface area is 135 Å². The van der Waals surface area contributed by atoms with Crippen LogP contribution in [0.15, 0.2) is 78.5 Å². The van der Waals surface area contributed by atoms with E-state index in [9.17, 15) is 10.1 Å². The second kappa shape index (κ2) is 6.76. The molecule has 1 aliphatic heterocycles. The predicted octanol–water partition coefficient (Wildman–Crippen LogP) is 3.64. The molecule has 2 unspecified atom stereocenters. The molecule has 0 radical (unpaired) electrons. The average molecular weight is 300 g/mol. The summed E-state index contributed by atoms with van der Waals surface area (Å²) in [6, 6.07) is 21.7. The number of rotatable bonds is 3. The number of carbonyl (C=O) groups is 1. The maximum absolute atomic E-state index is 12.2. The Bertz CT molecular complexity index is 785. The first-order chi connectivity index (χ1) is 11.3. The lowest BCUT2D eigenvalue weighted by Gasteiger charge is -2.25. The molecule has 1 aliphatic rings. The molecule has 0 fully saturated rings. The van der Waals surface area contributed by atoms with Gasteiger partial charge in [0.25, 0.3) is 0 Å². The number of carbonyl (C=O) groups excluding carboxylic acids is 1. The molecule has 2 aromatic rings. The highest BCUT2D eigenvalue weighted by molar-refractivity contribution is 5.86. The summed E-state index contributed by atoms with van der Waals surface area (Å²) >= 11 is 0. The Kier molecular flexibility index (Phi) is 4.35. The van der Waals surface area contributed by atoms with Gasteiger partial charge in [0.15, 0.2) is 0 Å². The van der Waals surface area contributed by atoms with Gasteiger partial charge in [-0.1, -0.05) is 72.8 Å². The predicted molar refractivity (Wildman–Crippen MR) is 90.0 cm³/mol. The molecule has 3 heteroatoms. The number of hydrogen-bond acceptors (Lipinski definition) is 2. The zero-order valence-corrected chi connectivity index (χ0v) is 12.5. The van der Waals surface area contributed by atoms with Crippen molar-refractivity contribution in [2.75, 3.05) is 0 Å². The Morgan fingerprint density at radius 3 is 2.26 bits per heavy atom. The van der Waals surface area contributed by atoms with Crippen molar-refractivity contribution < 1.29 is 4.79 Å². The fourth-order valence-corrected chi connectivity index (χ4v) is 2.66. The molecule has 1 amide bonds. The zero-order valence-electron chi connectivity index (χ0n) is 12.5. The molecule has 2 aromatic carbocycles. The Balaban J connectivity index is 1.92. The number of amides is 1. The van der Waals surface area contributed by atoms with Gasteiger partial charge in [-0.15, -0.1) is 0 Å². The van der Waals surface area contributed by atoms with Crippen molar-refractivity contribution in [2.24, 2.45) is 5.92 Å². The van der Waals surface area contributed by atoms with Crippen LogP contribution >= 0.6 is 0 Å². The van der Waals surface area contributed by atoms with Gasteiger partial charge in [0, 0.05) is 11.6 Å². The van der Waals surface area contributed by atoms with E-state index < -0.39 is 5.92 Å². The van der Waals surface area contributed by atoms with Crippen LogP contribution in [0.25, 0.3) is 6.08 Å². The lowest BCUT2D eigenvalue weighted by atomic mass is 9.83. The molecule has 1 heterocycles. The van der Waals surface area contributed by atoms with E-state index in [2.05, 4.69) is 11.4 Å². The normalized spacial score (nSPS) is 20.7. The van der Waals surface area contributed by atoms with Crippen LogP contribution in [-0.4, -0.2) is 5.91 Å². The summed E-state index contributed by atoms with van der Waals surface area (Å²) < 4.78 is 0. The molecule has 3 nitrogen and oxygen atoms in total. The topological polar surface area (TPSA) is 52.9 Å². The summed E-state index contributed by atoms with van der Waals surface area (Å²) in [4.78, 5) is 12.2. The maximum Gasteiger partial charge on any atom is 0.242 e. The lowest BCUT2D eigenvalue weighted by Crippen LogP contribution is -2.36. The van der Waals surface area contributed by atoms with Crippen LogP contribution in [0, 0.1) is 17.2 Å². The molecule has 1 N–H and O–H groups in total. The Hall–Kier alpha value is -3.12. The molecule has 112 valence electrons. The first-order valence-corrected chi connectivity index (χ1v) is 7.48. The first-order valence-electron chi connectivity index (χ1n) is 7.48. The van der Waals surface area contributed by atoms with Gasteiger partial charge in [-0.05, 0) is 17.2 Å². The molecule has 0 saturated heterocycles. The van der Waals surface area contributed by atoms with E-state index in [1.807, 2.05) is 78.9 Å². The fourth-order valence-electron chi connectivity index (χ4n) is 2.66. The first kappa shape index (κ1) is 14.8. The fraction of sp³-hybridized carbons (Fsp3) is 0.100. The van der Waals surface area contributed by atoms with Crippen molar-refractivity contribution in [2.45, 2.75) is 5.92 Å². The second-order valence-electron chi connectivity index (χ2n) is 5.40. The average Bonchev–Trinajstić information content (AvgIpc) is 2.61. The molecule has 23 heavy (non-hydrogen) atoms. The number of nitrogens with zero attached hydrogens (tertiary/aromatic N) is 1. The molecular formula is C20H16N2O. The SMILES string of the molecule is N#CC1C(=O)NC(/C=C/c2ccccc2)=CC1c1ccccc1. The monoisotopic (exact) mass is 300 g/mol. The molecular weight excluding hydrogens is 284 g/mol. The van der Waals surface area contributed by atoms with Gasteiger partial charge in [0.05, 0.1) is 6.07 Å². The van der Waals surface area contributed by atoms with E-state index in [4.69, 9.17) is 0 Å². The third kappa shape index (κ3) is 3.38. The molecule has 0 bridgehead atoms. The van der Waals surface area contributed by atoms with Crippen LogP contribution in [0.2, 0.25) is 0 Å². The van der Waals surface area contributed by atoms with Gasteiger partial charge >= 0.3 is 0 Å². The van der Waals surface area contributed by atoms with Gasteiger partial charge in [-0.3, -0.25) is 4.79 Å². The highest BCUT2D eigenvalue weighted by atomic mass is 16.1. The van der Waals surface area contributed by atoms with E-state index >= 15 is 0 Å². The lowest BCUT2D eigenvalue weighted by molar-refractivity contribution is -0.123. The Morgan fingerprint density at radius 2 is 1.61 bits per heavy atom. The van der Waals surface area contributed by atoms with Crippen molar-refractivity contribution in [3.63, 3.8) is 0 Å². The van der Waals surface area contributed by atoms with E-state index in [1.54, 1.807) is 0 Å². The summed E-state index contributed by atoms with van der Waals surface area (Å²) in [5, 5.41) is 12.1. The van der Waals surface area contributed by atoms with Crippen molar-refractivity contribution in [1.29, 1.82) is 5.26 Å². The van der Waals surface area contributed by atoms with Crippen LogP contribution in [0.4, 0.5) is 0 Å². The highest BCUT2D eigenvalue weighted by Gasteiger charge is 2.32. The smallest absolute Gasteiger partial charge is 0.242 e. The minimum absolute atomic E-state index is 0.231. The standard InChI is InChI=1S/C20H16N2O/c21-14-19-18(16-9-5-2-6-10-16)13-17(22-20(19)23)12-11-15-7-3-1-4-8-15/h1-13,18-19H,(H,22,23)/b12-11+. The third-order valence-corrected chi connectivity index (χ3v) is 3.85. The van der Waals surface area contributed by atoms with Crippen LogP contribution < -0.4 is 5.32 Å². The second-order valence-corrected chi connectivity index (χ2v) is 5.40. The summed E-state index contributed by atoms with van der Waals surface area (Å²) in [6.07, 6.45) is 5.77. The number of nitriles is 1. The quantitative estimate of drug-likeness (QED) is 0.941. The largest absolute Gasteiger partial charge is 0.325 e. The molecule has 0 spiro atoms. The molecule has 0 aromatic heterocycles. The van der Waals surface area contributed by atoms with E-state index in [1.165, 1.54) is 0 Å². The van der Waals surface area contributed by atoms with E-state index in [0.29, 0.717) is 0 Å². The number of benzene rings is 2. The van der Waals surface area contributed by atoms with Gasteiger partial charge in [-0.2, -0.15) is 5.26 Å². The van der Waals surface area contributed by atoms with Crippen molar-refractivity contribution in [1.82, 2.24) is 5.32 Å².